The Hall–Kier alpha value is -2.85. The first-order valence-corrected chi connectivity index (χ1v) is 7.83. The summed E-state index contributed by atoms with van der Waals surface area (Å²) in [4.78, 5) is 18.4. The zero-order valence-corrected chi connectivity index (χ0v) is 13.9. The minimum atomic E-state index is -0.166. The zero-order valence-electron chi connectivity index (χ0n) is 13.1. The molecule has 1 heterocycles. The van der Waals surface area contributed by atoms with Crippen LogP contribution in [0.25, 0.3) is 0 Å². The Labute approximate surface area is 145 Å². The van der Waals surface area contributed by atoms with Gasteiger partial charge in [-0.2, -0.15) is 0 Å². The van der Waals surface area contributed by atoms with Gasteiger partial charge in [0.2, 0.25) is 0 Å². The molecule has 4 nitrogen and oxygen atoms in total. The molecular weight excluding hydrogens is 322 g/mol. The van der Waals surface area contributed by atoms with Crippen molar-refractivity contribution < 1.29 is 4.79 Å². The minimum absolute atomic E-state index is 0.166. The van der Waals surface area contributed by atoms with Crippen LogP contribution >= 0.6 is 11.6 Å². The summed E-state index contributed by atoms with van der Waals surface area (Å²) in [5, 5.41) is 3.91. The highest BCUT2D eigenvalue weighted by atomic mass is 35.5. The lowest BCUT2D eigenvalue weighted by atomic mass is 10.2. The van der Waals surface area contributed by atoms with Gasteiger partial charge in [0.1, 0.15) is 5.69 Å². The SMILES string of the molecule is CN(C(=O)c1cc(Nc2ccc(Cl)cc2)ccn1)c1ccccc1. The number of carbonyl (C=O) groups is 1. The molecule has 0 fully saturated rings. The van der Waals surface area contributed by atoms with Crippen molar-refractivity contribution in [1.82, 2.24) is 4.98 Å². The average Bonchev–Trinajstić information content (AvgIpc) is 2.63. The number of para-hydroxylation sites is 1. The molecular formula is C19H16ClN3O. The molecule has 3 rings (SSSR count). The van der Waals surface area contributed by atoms with E-state index < -0.39 is 0 Å². The highest BCUT2D eigenvalue weighted by molar-refractivity contribution is 6.30. The molecule has 3 aromatic rings. The number of carbonyl (C=O) groups excluding carboxylic acids is 1. The number of hydrogen-bond donors (Lipinski definition) is 1. The number of anilines is 3. The third kappa shape index (κ3) is 3.73. The van der Waals surface area contributed by atoms with Crippen LogP contribution in [-0.2, 0) is 0 Å². The smallest absolute Gasteiger partial charge is 0.276 e. The first-order chi connectivity index (χ1) is 11.6. The van der Waals surface area contributed by atoms with Gasteiger partial charge in [-0.3, -0.25) is 9.78 Å². The molecule has 0 saturated heterocycles. The number of pyridine rings is 1. The average molecular weight is 338 g/mol. The van der Waals surface area contributed by atoms with Crippen molar-refractivity contribution in [1.29, 1.82) is 0 Å². The monoisotopic (exact) mass is 337 g/mol. The van der Waals surface area contributed by atoms with Crippen LogP contribution in [0.15, 0.2) is 72.9 Å². The van der Waals surface area contributed by atoms with Crippen LogP contribution in [0.2, 0.25) is 5.02 Å². The molecule has 120 valence electrons. The number of nitrogens with zero attached hydrogens (tertiary/aromatic N) is 2. The van der Waals surface area contributed by atoms with Crippen LogP contribution in [0.1, 0.15) is 10.5 Å². The maximum atomic E-state index is 12.6. The van der Waals surface area contributed by atoms with Gasteiger partial charge in [-0.15, -0.1) is 0 Å². The van der Waals surface area contributed by atoms with E-state index in [2.05, 4.69) is 10.3 Å². The van der Waals surface area contributed by atoms with Gasteiger partial charge in [0, 0.05) is 35.3 Å². The van der Waals surface area contributed by atoms with E-state index in [9.17, 15) is 4.79 Å². The summed E-state index contributed by atoms with van der Waals surface area (Å²) < 4.78 is 0. The Bertz CT molecular complexity index is 835. The molecule has 0 spiro atoms. The van der Waals surface area contributed by atoms with Gasteiger partial charge in [-0.05, 0) is 48.5 Å². The molecule has 0 saturated carbocycles. The fourth-order valence-corrected chi connectivity index (χ4v) is 2.39. The van der Waals surface area contributed by atoms with Crippen LogP contribution < -0.4 is 10.2 Å². The number of benzene rings is 2. The molecule has 24 heavy (non-hydrogen) atoms. The number of aromatic nitrogens is 1. The van der Waals surface area contributed by atoms with E-state index in [1.54, 1.807) is 36.3 Å². The Morgan fingerprint density at radius 3 is 2.42 bits per heavy atom. The largest absolute Gasteiger partial charge is 0.355 e. The van der Waals surface area contributed by atoms with Crippen molar-refractivity contribution in [3.8, 4) is 0 Å². The van der Waals surface area contributed by atoms with Gasteiger partial charge >= 0.3 is 0 Å². The molecule has 2 aromatic carbocycles. The Balaban J connectivity index is 1.79. The summed E-state index contributed by atoms with van der Waals surface area (Å²) in [5.74, 6) is -0.166. The maximum absolute atomic E-state index is 12.6. The minimum Gasteiger partial charge on any atom is -0.355 e. The second-order valence-corrected chi connectivity index (χ2v) is 5.70. The van der Waals surface area contributed by atoms with E-state index in [1.807, 2.05) is 48.5 Å². The third-order valence-corrected chi connectivity index (χ3v) is 3.81. The van der Waals surface area contributed by atoms with Crippen LogP contribution in [0, 0.1) is 0 Å². The predicted octanol–water partition coefficient (Wildman–Crippen LogP) is 4.76. The Morgan fingerprint density at radius 1 is 1.00 bits per heavy atom. The Kier molecular flexibility index (Phi) is 4.77. The van der Waals surface area contributed by atoms with E-state index in [4.69, 9.17) is 11.6 Å². The summed E-state index contributed by atoms with van der Waals surface area (Å²) in [6, 6.07) is 20.4. The second-order valence-electron chi connectivity index (χ2n) is 5.26. The van der Waals surface area contributed by atoms with Gasteiger partial charge < -0.3 is 10.2 Å². The maximum Gasteiger partial charge on any atom is 0.276 e. The lowest BCUT2D eigenvalue weighted by Crippen LogP contribution is -2.27. The molecule has 1 N–H and O–H groups in total. The van der Waals surface area contributed by atoms with Crippen LogP contribution in [0.5, 0.6) is 0 Å². The number of rotatable bonds is 4. The van der Waals surface area contributed by atoms with Crippen molar-refractivity contribution in [2.75, 3.05) is 17.3 Å². The lowest BCUT2D eigenvalue weighted by Gasteiger charge is -2.17. The first kappa shape index (κ1) is 16.0. The molecule has 0 aliphatic rings. The van der Waals surface area contributed by atoms with Crippen LogP contribution in [-0.4, -0.2) is 17.9 Å². The predicted molar refractivity (Wildman–Crippen MR) is 98.1 cm³/mol. The summed E-state index contributed by atoms with van der Waals surface area (Å²) in [6.07, 6.45) is 1.62. The van der Waals surface area contributed by atoms with Gasteiger partial charge in [-0.25, -0.2) is 0 Å². The van der Waals surface area contributed by atoms with Gasteiger partial charge in [0.25, 0.3) is 5.91 Å². The van der Waals surface area contributed by atoms with Gasteiger partial charge in [0.05, 0.1) is 0 Å². The van der Waals surface area contributed by atoms with Gasteiger partial charge in [0.15, 0.2) is 0 Å². The molecule has 0 radical (unpaired) electrons. The topological polar surface area (TPSA) is 45.2 Å². The molecule has 0 unspecified atom stereocenters. The van der Waals surface area contributed by atoms with E-state index in [1.165, 1.54) is 0 Å². The summed E-state index contributed by atoms with van der Waals surface area (Å²) >= 11 is 5.89. The second kappa shape index (κ2) is 7.15. The van der Waals surface area contributed by atoms with E-state index >= 15 is 0 Å². The molecule has 1 amide bonds. The molecule has 0 bridgehead atoms. The van der Waals surface area contributed by atoms with Crippen molar-refractivity contribution in [3.63, 3.8) is 0 Å². The number of hydrogen-bond acceptors (Lipinski definition) is 3. The zero-order chi connectivity index (χ0) is 16.9. The van der Waals surface area contributed by atoms with Crippen LogP contribution in [0.4, 0.5) is 17.1 Å². The van der Waals surface area contributed by atoms with Crippen molar-refractivity contribution in [2.45, 2.75) is 0 Å². The number of halogens is 1. The van der Waals surface area contributed by atoms with E-state index in [-0.39, 0.29) is 5.91 Å². The van der Waals surface area contributed by atoms with Gasteiger partial charge in [-0.1, -0.05) is 29.8 Å². The standard InChI is InChI=1S/C19H16ClN3O/c1-23(17-5-3-2-4-6-17)19(24)18-13-16(11-12-21-18)22-15-9-7-14(20)8-10-15/h2-13H,1H3,(H,21,22). The molecule has 0 atom stereocenters. The van der Waals surface area contributed by atoms with Crippen molar-refractivity contribution >= 4 is 34.6 Å². The fraction of sp³-hybridized carbons (Fsp3) is 0.0526. The quantitative estimate of drug-likeness (QED) is 0.746. The van der Waals surface area contributed by atoms with E-state index in [0.29, 0.717) is 10.7 Å². The molecule has 5 heteroatoms. The highest BCUT2D eigenvalue weighted by Gasteiger charge is 2.15. The Morgan fingerprint density at radius 2 is 1.71 bits per heavy atom. The number of nitrogens with one attached hydrogen (secondary N) is 1. The lowest BCUT2D eigenvalue weighted by molar-refractivity contribution is 0.0988. The highest BCUT2D eigenvalue weighted by Crippen LogP contribution is 2.20. The van der Waals surface area contributed by atoms with E-state index in [0.717, 1.165) is 17.1 Å². The molecule has 0 aliphatic heterocycles. The molecule has 1 aromatic heterocycles. The fourth-order valence-electron chi connectivity index (χ4n) is 2.27. The first-order valence-electron chi connectivity index (χ1n) is 7.45. The summed E-state index contributed by atoms with van der Waals surface area (Å²) in [7, 11) is 1.73. The summed E-state index contributed by atoms with van der Waals surface area (Å²) in [6.45, 7) is 0. The summed E-state index contributed by atoms with van der Waals surface area (Å²) in [5.41, 5.74) is 2.87. The van der Waals surface area contributed by atoms with Crippen LogP contribution in [0.3, 0.4) is 0 Å². The third-order valence-electron chi connectivity index (χ3n) is 3.56. The van der Waals surface area contributed by atoms with Crippen molar-refractivity contribution in [3.05, 3.63) is 83.6 Å². The molecule has 0 aliphatic carbocycles. The number of amides is 1. The van der Waals surface area contributed by atoms with Crippen molar-refractivity contribution in [2.24, 2.45) is 0 Å². The normalized spacial score (nSPS) is 10.2.